The first-order valence-corrected chi connectivity index (χ1v) is 12.1. The lowest BCUT2D eigenvalue weighted by Gasteiger charge is -2.38. The van der Waals surface area contributed by atoms with E-state index in [-0.39, 0.29) is 35.3 Å². The van der Waals surface area contributed by atoms with Crippen LogP contribution in [0.5, 0.6) is 5.75 Å². The summed E-state index contributed by atoms with van der Waals surface area (Å²) in [5, 5.41) is 11.2. The van der Waals surface area contributed by atoms with E-state index < -0.39 is 53.1 Å². The van der Waals surface area contributed by atoms with Gasteiger partial charge in [-0.05, 0) is 25.8 Å². The zero-order valence-electron chi connectivity index (χ0n) is 19.8. The third kappa shape index (κ3) is 4.28. The highest BCUT2D eigenvalue weighted by Gasteiger charge is 2.56. The average Bonchev–Trinajstić information content (AvgIpc) is 3.55. The molecule has 3 atom stereocenters. The number of amides is 1. The maximum atomic E-state index is 14.2. The van der Waals surface area contributed by atoms with E-state index in [1.807, 2.05) is 0 Å². The molecule has 2 saturated heterocycles. The molecule has 16 heteroatoms. The summed E-state index contributed by atoms with van der Waals surface area (Å²) < 4.78 is 97.9. The summed E-state index contributed by atoms with van der Waals surface area (Å²) in [4.78, 5) is 22.8. The zero-order valence-corrected chi connectivity index (χ0v) is 20.6. The number of methoxy groups -OCH3 is 1. The number of hydrogen-bond acceptors (Lipinski definition) is 8. The van der Waals surface area contributed by atoms with Gasteiger partial charge in [0.2, 0.25) is 0 Å². The van der Waals surface area contributed by atoms with Crippen LogP contribution in [0.3, 0.4) is 0 Å². The molecule has 38 heavy (non-hydrogen) atoms. The normalized spacial score (nSPS) is 21.7. The third-order valence-electron chi connectivity index (χ3n) is 6.93. The van der Waals surface area contributed by atoms with Gasteiger partial charge in [-0.15, -0.1) is 24.5 Å². The van der Waals surface area contributed by atoms with Gasteiger partial charge in [0.15, 0.2) is 22.5 Å². The van der Waals surface area contributed by atoms with Crippen LogP contribution >= 0.6 is 11.3 Å². The second kappa shape index (κ2) is 8.90. The molecule has 0 spiro atoms. The van der Waals surface area contributed by atoms with E-state index in [4.69, 9.17) is 9.15 Å². The lowest BCUT2D eigenvalue weighted by Crippen LogP contribution is -2.55. The Hall–Kier alpha value is -3.27. The van der Waals surface area contributed by atoms with Gasteiger partial charge in [-0.1, -0.05) is 0 Å². The molecule has 2 fully saturated rings. The van der Waals surface area contributed by atoms with E-state index in [2.05, 4.69) is 14.7 Å². The minimum absolute atomic E-state index is 0.0297. The number of rotatable bonds is 5. The molecule has 206 valence electrons. The number of fused-ring (bicyclic) bond motifs is 3. The molecule has 1 amide bonds. The number of halogens is 6. The van der Waals surface area contributed by atoms with Crippen molar-refractivity contribution < 1.29 is 50.1 Å². The second-order valence-corrected chi connectivity index (χ2v) is 9.97. The topological polar surface area (TPSA) is 101 Å². The van der Waals surface area contributed by atoms with Gasteiger partial charge >= 0.3 is 18.6 Å². The smallest absolute Gasteiger partial charge is 0.465 e. The van der Waals surface area contributed by atoms with Crippen molar-refractivity contribution in [1.29, 1.82) is 0 Å². The molecule has 0 saturated carbocycles. The molecule has 4 heterocycles. The van der Waals surface area contributed by atoms with Crippen LogP contribution in [0.4, 0.5) is 37.2 Å². The molecule has 3 unspecified atom stereocenters. The largest absolute Gasteiger partial charge is 0.573 e. The number of oxazole rings is 1. The number of carbonyl (C=O) groups is 1. The highest BCUT2D eigenvalue weighted by Crippen LogP contribution is 2.51. The number of piperazine rings is 1. The van der Waals surface area contributed by atoms with Gasteiger partial charge in [-0.3, -0.25) is 4.90 Å². The predicted molar refractivity (Wildman–Crippen MR) is 121 cm³/mol. The van der Waals surface area contributed by atoms with E-state index >= 15 is 0 Å². The minimum Gasteiger partial charge on any atom is -0.465 e. The van der Waals surface area contributed by atoms with Gasteiger partial charge in [0.1, 0.15) is 5.01 Å². The number of anilines is 1. The van der Waals surface area contributed by atoms with Crippen molar-refractivity contribution >= 4 is 34.5 Å². The Morgan fingerprint density at radius 2 is 1.84 bits per heavy atom. The van der Waals surface area contributed by atoms with E-state index in [0.29, 0.717) is 19.8 Å². The predicted octanol–water partition coefficient (Wildman–Crippen LogP) is 5.60. The molecular formula is C22H20F6N4O5S. The van der Waals surface area contributed by atoms with Crippen molar-refractivity contribution in [2.45, 2.75) is 50.0 Å². The van der Waals surface area contributed by atoms with E-state index in [9.17, 15) is 36.2 Å². The van der Waals surface area contributed by atoms with Gasteiger partial charge in [-0.25, -0.2) is 9.78 Å². The molecule has 2 aromatic heterocycles. The van der Waals surface area contributed by atoms with Crippen molar-refractivity contribution in [3.05, 3.63) is 23.2 Å². The van der Waals surface area contributed by atoms with Gasteiger partial charge in [0.25, 0.3) is 6.01 Å². The maximum Gasteiger partial charge on any atom is 0.573 e. The summed E-state index contributed by atoms with van der Waals surface area (Å²) in [6, 6.07) is -0.110. The van der Waals surface area contributed by atoms with Crippen LogP contribution in [0.1, 0.15) is 25.3 Å². The highest BCUT2D eigenvalue weighted by molar-refractivity contribution is 7.13. The highest BCUT2D eigenvalue weighted by atomic mass is 32.1. The molecule has 2 aliphatic heterocycles. The Morgan fingerprint density at radius 1 is 1.18 bits per heavy atom. The van der Waals surface area contributed by atoms with E-state index in [1.54, 1.807) is 10.3 Å². The van der Waals surface area contributed by atoms with Crippen LogP contribution in [0.25, 0.3) is 21.7 Å². The molecule has 1 aromatic carbocycles. The third-order valence-corrected chi connectivity index (χ3v) is 7.73. The van der Waals surface area contributed by atoms with E-state index in [0.717, 1.165) is 24.5 Å². The summed E-state index contributed by atoms with van der Waals surface area (Å²) in [7, 11) is 0.726. The van der Waals surface area contributed by atoms with Gasteiger partial charge in [0, 0.05) is 37.3 Å². The van der Waals surface area contributed by atoms with Gasteiger partial charge in [0.05, 0.1) is 17.6 Å². The molecule has 0 radical (unpaired) electrons. The fraction of sp³-hybridized carbons (Fsp3) is 0.500. The quantitative estimate of drug-likeness (QED) is 0.398. The molecule has 2 bridgehead atoms. The monoisotopic (exact) mass is 566 g/mol. The maximum absolute atomic E-state index is 14.2. The number of thiazole rings is 1. The van der Waals surface area contributed by atoms with Gasteiger partial charge < -0.3 is 23.9 Å². The van der Waals surface area contributed by atoms with Crippen LogP contribution in [-0.4, -0.2) is 70.9 Å². The molecule has 1 N–H and O–H groups in total. The number of nitrogens with zero attached hydrogens (tertiary/aromatic N) is 4. The van der Waals surface area contributed by atoms with Crippen LogP contribution in [0.2, 0.25) is 0 Å². The fourth-order valence-electron chi connectivity index (χ4n) is 5.02. The van der Waals surface area contributed by atoms with Crippen molar-refractivity contribution in [2.24, 2.45) is 0 Å². The van der Waals surface area contributed by atoms with Crippen molar-refractivity contribution in [1.82, 2.24) is 14.9 Å². The van der Waals surface area contributed by atoms with Crippen LogP contribution in [0.15, 0.2) is 22.1 Å². The summed E-state index contributed by atoms with van der Waals surface area (Å²) in [5.74, 6) is -1.21. The Bertz CT molecular complexity index is 1350. The van der Waals surface area contributed by atoms with Crippen molar-refractivity contribution in [3.63, 3.8) is 0 Å². The SMILES string of the molecule is COC(C)(c1cc(-c2nccs2)c2oc(N3CC4CCC(C3)N4C(=O)O)nc2c1OC(F)(F)F)C(F)(F)F. The summed E-state index contributed by atoms with van der Waals surface area (Å²) in [6.07, 6.45) is -9.07. The first-order valence-electron chi connectivity index (χ1n) is 11.2. The Balaban J connectivity index is 1.73. The molecule has 3 aromatic rings. The first-order chi connectivity index (χ1) is 17.7. The summed E-state index contributed by atoms with van der Waals surface area (Å²) in [6.45, 7) is 0.874. The molecule has 5 rings (SSSR count). The molecule has 2 aliphatic rings. The number of carboxylic acid groups (broad SMARTS) is 1. The molecule has 9 nitrogen and oxygen atoms in total. The fourth-order valence-corrected chi connectivity index (χ4v) is 5.67. The van der Waals surface area contributed by atoms with Crippen LogP contribution < -0.4 is 9.64 Å². The number of alkyl halides is 6. The number of aromatic nitrogens is 2. The minimum atomic E-state index is -5.37. The Morgan fingerprint density at radius 3 is 2.34 bits per heavy atom. The zero-order chi connectivity index (χ0) is 27.6. The molecular weight excluding hydrogens is 546 g/mol. The second-order valence-electron chi connectivity index (χ2n) is 9.07. The summed E-state index contributed by atoms with van der Waals surface area (Å²) in [5.41, 5.74) is -5.05. The van der Waals surface area contributed by atoms with Crippen LogP contribution in [-0.2, 0) is 10.3 Å². The average molecular weight is 566 g/mol. The number of hydrogen-bond donors (Lipinski definition) is 1. The lowest BCUT2D eigenvalue weighted by molar-refractivity contribution is -0.283. The number of benzene rings is 1. The van der Waals surface area contributed by atoms with Crippen LogP contribution in [0, 0.1) is 0 Å². The van der Waals surface area contributed by atoms with E-state index in [1.165, 1.54) is 11.1 Å². The Kier molecular flexibility index (Phi) is 6.17. The van der Waals surface area contributed by atoms with Crippen molar-refractivity contribution in [3.8, 4) is 16.3 Å². The Labute approximate surface area is 214 Å². The molecule has 0 aliphatic carbocycles. The number of ether oxygens (including phenoxy) is 2. The standard InChI is InChI=1S/C22H20F6N4O5S/c1-20(35-2,21(23,24)25)13-7-12(17-29-5-6-38-17)15-14(16(13)37-22(26,27)28)30-18(36-15)31-8-10-3-4-11(9-31)32(10)19(33)34/h5-7,10-11H,3-4,8-9H2,1-2H3,(H,33,34). The van der Waals surface area contributed by atoms with Crippen molar-refractivity contribution in [2.75, 3.05) is 25.1 Å². The first kappa shape index (κ1) is 26.3. The summed E-state index contributed by atoms with van der Waals surface area (Å²) >= 11 is 1.03. The van der Waals surface area contributed by atoms with Gasteiger partial charge in [-0.2, -0.15) is 18.2 Å². The lowest BCUT2D eigenvalue weighted by atomic mass is 9.91.